The molecule has 2 N–H and O–H groups in total. The van der Waals surface area contributed by atoms with Gasteiger partial charge in [0, 0.05) is 13.1 Å². The van der Waals surface area contributed by atoms with Gasteiger partial charge in [-0.1, -0.05) is 39.8 Å². The zero-order valence-corrected chi connectivity index (χ0v) is 13.6. The van der Waals surface area contributed by atoms with Gasteiger partial charge >= 0.3 is 0 Å². The minimum atomic E-state index is -3.43. The number of benzene rings is 1. The Kier molecular flexibility index (Phi) is 6.49. The monoisotopic (exact) mass is 298 g/mol. The smallest absolute Gasteiger partial charge is 0.242 e. The molecule has 0 saturated carbocycles. The fourth-order valence-corrected chi connectivity index (χ4v) is 2.98. The average molecular weight is 298 g/mol. The van der Waals surface area contributed by atoms with Gasteiger partial charge in [-0.2, -0.15) is 0 Å². The van der Waals surface area contributed by atoms with Crippen LogP contribution >= 0.6 is 0 Å². The Hall–Kier alpha value is -1.07. The number of sulfonamides is 1. The van der Waals surface area contributed by atoms with Crippen LogP contribution in [0.2, 0.25) is 0 Å². The predicted molar refractivity (Wildman–Crippen MR) is 84.4 cm³/mol. The van der Waals surface area contributed by atoms with Crippen LogP contribution in [0.4, 0.5) is 5.69 Å². The molecule has 0 aliphatic carbocycles. The summed E-state index contributed by atoms with van der Waals surface area (Å²) in [5, 5.41) is 3.26. The standard InChI is InChI=1S/C15H26N2O2S/c1-5-10-17-20(18,19)15-9-7-6-8-14(15)16-11-13(4)12(2)3/h6-9,12-13,16-17H,5,10-11H2,1-4H3. The number of rotatable bonds is 8. The number of hydrogen-bond donors (Lipinski definition) is 2. The maximum absolute atomic E-state index is 12.2. The van der Waals surface area contributed by atoms with Crippen LogP contribution < -0.4 is 10.0 Å². The van der Waals surface area contributed by atoms with Crippen molar-refractivity contribution >= 4 is 15.7 Å². The largest absolute Gasteiger partial charge is 0.384 e. The van der Waals surface area contributed by atoms with Crippen molar-refractivity contribution in [3.05, 3.63) is 24.3 Å². The molecule has 0 radical (unpaired) electrons. The Morgan fingerprint density at radius 3 is 2.40 bits per heavy atom. The van der Waals surface area contributed by atoms with Gasteiger partial charge in [-0.05, 0) is 30.4 Å². The van der Waals surface area contributed by atoms with Crippen LogP contribution in [0.1, 0.15) is 34.1 Å². The number of para-hydroxylation sites is 1. The third-order valence-corrected chi connectivity index (χ3v) is 4.99. The van der Waals surface area contributed by atoms with Gasteiger partial charge in [-0.3, -0.25) is 0 Å². The lowest BCUT2D eigenvalue weighted by atomic mass is 9.98. The Morgan fingerprint density at radius 1 is 1.15 bits per heavy atom. The van der Waals surface area contributed by atoms with E-state index in [2.05, 4.69) is 30.8 Å². The molecule has 1 aromatic rings. The summed E-state index contributed by atoms with van der Waals surface area (Å²) in [6.45, 7) is 9.65. The van der Waals surface area contributed by atoms with Crippen molar-refractivity contribution in [1.82, 2.24) is 4.72 Å². The van der Waals surface area contributed by atoms with E-state index in [0.717, 1.165) is 13.0 Å². The Bertz CT molecular complexity index is 512. The molecule has 1 aromatic carbocycles. The second kappa shape index (κ2) is 7.64. The average Bonchev–Trinajstić information content (AvgIpc) is 2.42. The van der Waals surface area contributed by atoms with Gasteiger partial charge in [-0.25, -0.2) is 13.1 Å². The third kappa shape index (κ3) is 4.80. The fraction of sp³-hybridized carbons (Fsp3) is 0.600. The molecule has 0 spiro atoms. The molecule has 1 rings (SSSR count). The van der Waals surface area contributed by atoms with Crippen LogP contribution in [-0.2, 0) is 10.0 Å². The fourth-order valence-electron chi connectivity index (χ4n) is 1.67. The van der Waals surface area contributed by atoms with Gasteiger partial charge in [0.2, 0.25) is 10.0 Å². The third-order valence-electron chi connectivity index (χ3n) is 3.47. The molecule has 1 atom stereocenters. The molecule has 0 aromatic heterocycles. The van der Waals surface area contributed by atoms with Crippen molar-refractivity contribution in [2.24, 2.45) is 11.8 Å². The molecule has 0 saturated heterocycles. The molecule has 0 aliphatic heterocycles. The summed E-state index contributed by atoms with van der Waals surface area (Å²) >= 11 is 0. The highest BCUT2D eigenvalue weighted by atomic mass is 32.2. The van der Waals surface area contributed by atoms with Gasteiger partial charge in [0.15, 0.2) is 0 Å². The number of anilines is 1. The van der Waals surface area contributed by atoms with Gasteiger partial charge in [-0.15, -0.1) is 0 Å². The van der Waals surface area contributed by atoms with E-state index in [4.69, 9.17) is 0 Å². The quantitative estimate of drug-likeness (QED) is 0.775. The van der Waals surface area contributed by atoms with Gasteiger partial charge in [0.1, 0.15) is 4.90 Å². The lowest BCUT2D eigenvalue weighted by Crippen LogP contribution is -2.26. The number of nitrogens with one attached hydrogen (secondary N) is 2. The van der Waals surface area contributed by atoms with Crippen LogP contribution in [0.25, 0.3) is 0 Å². The lowest BCUT2D eigenvalue weighted by molar-refractivity contribution is 0.439. The predicted octanol–water partition coefficient (Wildman–Crippen LogP) is 3.08. The van der Waals surface area contributed by atoms with Crippen molar-refractivity contribution in [2.75, 3.05) is 18.4 Å². The maximum Gasteiger partial charge on any atom is 0.242 e. The van der Waals surface area contributed by atoms with E-state index in [9.17, 15) is 8.42 Å². The van der Waals surface area contributed by atoms with E-state index >= 15 is 0 Å². The van der Waals surface area contributed by atoms with Crippen molar-refractivity contribution in [3.8, 4) is 0 Å². The van der Waals surface area contributed by atoms with E-state index in [1.54, 1.807) is 12.1 Å². The van der Waals surface area contributed by atoms with Crippen LogP contribution in [0.15, 0.2) is 29.2 Å². The summed E-state index contributed by atoms with van der Waals surface area (Å²) in [4.78, 5) is 0.324. The molecular formula is C15H26N2O2S. The first-order valence-corrected chi connectivity index (χ1v) is 8.69. The van der Waals surface area contributed by atoms with E-state index in [0.29, 0.717) is 29.0 Å². The minimum absolute atomic E-state index is 0.324. The first-order chi connectivity index (χ1) is 9.38. The Balaban J connectivity index is 2.88. The zero-order valence-electron chi connectivity index (χ0n) is 12.8. The van der Waals surface area contributed by atoms with E-state index in [1.165, 1.54) is 0 Å². The van der Waals surface area contributed by atoms with E-state index in [1.807, 2.05) is 19.1 Å². The molecule has 5 heteroatoms. The van der Waals surface area contributed by atoms with E-state index < -0.39 is 10.0 Å². The molecule has 0 amide bonds. The van der Waals surface area contributed by atoms with E-state index in [-0.39, 0.29) is 0 Å². The second-order valence-corrected chi connectivity index (χ2v) is 7.23. The van der Waals surface area contributed by atoms with Crippen LogP contribution in [0.3, 0.4) is 0 Å². The second-order valence-electron chi connectivity index (χ2n) is 5.50. The maximum atomic E-state index is 12.2. The SMILES string of the molecule is CCCNS(=O)(=O)c1ccccc1NCC(C)C(C)C. The molecule has 0 aliphatic rings. The van der Waals surface area contributed by atoms with Crippen molar-refractivity contribution < 1.29 is 8.42 Å². The molecule has 20 heavy (non-hydrogen) atoms. The first-order valence-electron chi connectivity index (χ1n) is 7.21. The molecule has 0 bridgehead atoms. The highest BCUT2D eigenvalue weighted by Crippen LogP contribution is 2.21. The van der Waals surface area contributed by atoms with Gasteiger partial charge < -0.3 is 5.32 Å². The summed E-state index contributed by atoms with van der Waals surface area (Å²) in [5.41, 5.74) is 0.670. The summed E-state index contributed by atoms with van der Waals surface area (Å²) in [6, 6.07) is 7.05. The van der Waals surface area contributed by atoms with Crippen molar-refractivity contribution in [3.63, 3.8) is 0 Å². The molecule has 0 fully saturated rings. The highest BCUT2D eigenvalue weighted by Gasteiger charge is 2.17. The summed E-state index contributed by atoms with van der Waals surface area (Å²) in [5.74, 6) is 1.04. The Labute approximate surface area is 123 Å². The lowest BCUT2D eigenvalue weighted by Gasteiger charge is -2.18. The molecule has 0 heterocycles. The first kappa shape index (κ1) is 17.0. The van der Waals surface area contributed by atoms with Crippen molar-refractivity contribution in [2.45, 2.75) is 39.0 Å². The van der Waals surface area contributed by atoms with Crippen LogP contribution in [0.5, 0.6) is 0 Å². The number of hydrogen-bond acceptors (Lipinski definition) is 3. The van der Waals surface area contributed by atoms with Gasteiger partial charge in [0.25, 0.3) is 0 Å². The zero-order chi connectivity index (χ0) is 15.2. The minimum Gasteiger partial charge on any atom is -0.384 e. The molecule has 4 nitrogen and oxygen atoms in total. The normalized spacial score (nSPS) is 13.4. The summed E-state index contributed by atoms with van der Waals surface area (Å²) in [7, 11) is -3.43. The van der Waals surface area contributed by atoms with Crippen LogP contribution in [-0.4, -0.2) is 21.5 Å². The summed E-state index contributed by atoms with van der Waals surface area (Å²) in [6.07, 6.45) is 0.777. The Morgan fingerprint density at radius 2 is 1.80 bits per heavy atom. The molecular weight excluding hydrogens is 272 g/mol. The molecule has 114 valence electrons. The summed E-state index contributed by atoms with van der Waals surface area (Å²) < 4.78 is 27.1. The van der Waals surface area contributed by atoms with Crippen molar-refractivity contribution in [1.29, 1.82) is 0 Å². The highest BCUT2D eigenvalue weighted by molar-refractivity contribution is 7.89. The van der Waals surface area contributed by atoms with Crippen LogP contribution in [0, 0.1) is 11.8 Å². The topological polar surface area (TPSA) is 58.2 Å². The molecule has 1 unspecified atom stereocenters. The van der Waals surface area contributed by atoms with Gasteiger partial charge in [0.05, 0.1) is 5.69 Å².